The van der Waals surface area contributed by atoms with E-state index in [4.69, 9.17) is 16.7 Å². The van der Waals surface area contributed by atoms with Crippen LogP contribution in [0.15, 0.2) is 71.6 Å². The van der Waals surface area contributed by atoms with Crippen LogP contribution in [-0.4, -0.2) is 21.8 Å². The fourth-order valence-electron chi connectivity index (χ4n) is 2.81. The second kappa shape index (κ2) is 10.9. The van der Waals surface area contributed by atoms with Crippen molar-refractivity contribution in [1.29, 1.82) is 0 Å². The van der Waals surface area contributed by atoms with Gasteiger partial charge in [0.15, 0.2) is 5.78 Å². The second-order valence-corrected chi connectivity index (χ2v) is 9.13. The van der Waals surface area contributed by atoms with E-state index in [1.807, 2.05) is 22.6 Å². The molecule has 0 aliphatic rings. The number of benzene rings is 3. The summed E-state index contributed by atoms with van der Waals surface area (Å²) >= 11 is 8.91. The maximum Gasteiger partial charge on any atom is 0.335 e. The molecule has 3 aromatic rings. The van der Waals surface area contributed by atoms with E-state index in [0.29, 0.717) is 14.7 Å². The van der Waals surface area contributed by atoms with Gasteiger partial charge in [0.25, 0.3) is 5.69 Å². The van der Waals surface area contributed by atoms with Gasteiger partial charge in [-0.15, -0.1) is 11.8 Å². The van der Waals surface area contributed by atoms with Crippen LogP contribution in [-0.2, 0) is 5.75 Å². The standard InChI is InChI=1S/C23H14ClFINO5S/c24-17-10-9-15(11-19(17)27(31)32)20(26)22(33-12-16-3-1-2-4-18(16)25)21(28)13-5-7-14(8-6-13)23(29)30/h1-11H,12H2,(H,29,30). The minimum atomic E-state index is -1.12. The molecule has 33 heavy (non-hydrogen) atoms. The number of carbonyl (C=O) groups is 2. The number of aromatic carboxylic acids is 1. The summed E-state index contributed by atoms with van der Waals surface area (Å²) < 4.78 is 14.6. The second-order valence-electron chi connectivity index (χ2n) is 6.66. The summed E-state index contributed by atoms with van der Waals surface area (Å²) in [5.41, 5.74) is 0.742. The number of carboxylic acid groups (broad SMARTS) is 1. The van der Waals surface area contributed by atoms with Gasteiger partial charge in [-0.3, -0.25) is 14.9 Å². The Kier molecular flexibility index (Phi) is 8.22. The normalized spacial score (nSPS) is 11.6. The van der Waals surface area contributed by atoms with Crippen molar-refractivity contribution in [3.8, 4) is 0 Å². The van der Waals surface area contributed by atoms with E-state index in [9.17, 15) is 24.1 Å². The fraction of sp³-hybridized carbons (Fsp3) is 0.0435. The summed E-state index contributed by atoms with van der Waals surface area (Å²) in [4.78, 5) is 35.4. The number of carboxylic acids is 1. The predicted octanol–water partition coefficient (Wildman–Crippen LogP) is 7.01. The number of hydrogen-bond acceptors (Lipinski definition) is 5. The molecule has 0 heterocycles. The largest absolute Gasteiger partial charge is 0.478 e. The molecule has 0 saturated heterocycles. The highest BCUT2D eigenvalue weighted by atomic mass is 127. The van der Waals surface area contributed by atoms with Gasteiger partial charge < -0.3 is 5.11 Å². The summed E-state index contributed by atoms with van der Waals surface area (Å²) in [7, 11) is 0. The van der Waals surface area contributed by atoms with Gasteiger partial charge >= 0.3 is 5.97 Å². The van der Waals surface area contributed by atoms with Crippen LogP contribution in [0.4, 0.5) is 10.1 Å². The molecule has 3 rings (SSSR count). The summed E-state index contributed by atoms with van der Waals surface area (Å²) in [6, 6.07) is 15.8. The fourth-order valence-corrected chi connectivity index (χ4v) is 5.07. The molecule has 0 atom stereocenters. The summed E-state index contributed by atoms with van der Waals surface area (Å²) in [5, 5.41) is 20.3. The highest BCUT2D eigenvalue weighted by molar-refractivity contribution is 14.1. The van der Waals surface area contributed by atoms with Crippen molar-refractivity contribution in [2.45, 2.75) is 5.75 Å². The lowest BCUT2D eigenvalue weighted by Crippen LogP contribution is -2.05. The lowest BCUT2D eigenvalue weighted by atomic mass is 10.1. The van der Waals surface area contributed by atoms with Crippen LogP contribution < -0.4 is 0 Å². The molecule has 1 N–H and O–H groups in total. The molecule has 168 valence electrons. The molecule has 0 amide bonds. The maximum atomic E-state index is 14.1. The van der Waals surface area contributed by atoms with E-state index in [1.165, 1.54) is 42.5 Å². The summed E-state index contributed by atoms with van der Waals surface area (Å²) in [6.07, 6.45) is 0. The first-order chi connectivity index (χ1) is 15.7. The van der Waals surface area contributed by atoms with E-state index < -0.39 is 22.5 Å². The molecule has 0 aromatic heterocycles. The monoisotopic (exact) mass is 597 g/mol. The molecule has 0 spiro atoms. The Labute approximate surface area is 210 Å². The first-order valence-corrected chi connectivity index (χ1v) is 11.7. The number of nitrogens with zero attached hydrogens (tertiary/aromatic N) is 1. The summed E-state index contributed by atoms with van der Waals surface area (Å²) in [6.45, 7) is 0. The topological polar surface area (TPSA) is 97.5 Å². The zero-order valence-electron chi connectivity index (χ0n) is 16.6. The molecule has 0 aliphatic heterocycles. The Bertz CT molecular complexity index is 1280. The van der Waals surface area contributed by atoms with Gasteiger partial charge in [-0.05, 0) is 58.0 Å². The first kappa shape index (κ1) is 24.9. The highest BCUT2D eigenvalue weighted by Crippen LogP contribution is 2.39. The van der Waals surface area contributed by atoms with Crippen molar-refractivity contribution in [3.63, 3.8) is 0 Å². The number of halogens is 3. The van der Waals surface area contributed by atoms with Gasteiger partial charge in [0.2, 0.25) is 0 Å². The van der Waals surface area contributed by atoms with Crippen LogP contribution in [0.3, 0.4) is 0 Å². The van der Waals surface area contributed by atoms with E-state index in [0.717, 1.165) is 11.8 Å². The Morgan fingerprint density at radius 1 is 1.03 bits per heavy atom. The molecule has 0 saturated carbocycles. The van der Waals surface area contributed by atoms with Crippen LogP contribution in [0.5, 0.6) is 0 Å². The number of Topliss-reactive ketones (excluding diaryl/α,β-unsaturated/α-hetero) is 1. The number of rotatable bonds is 8. The average Bonchev–Trinajstić information content (AvgIpc) is 2.80. The number of carbonyl (C=O) groups excluding carboxylic acids is 1. The van der Waals surface area contributed by atoms with Crippen molar-refractivity contribution in [2.75, 3.05) is 0 Å². The van der Waals surface area contributed by atoms with Gasteiger partial charge in [-0.1, -0.05) is 48.0 Å². The van der Waals surface area contributed by atoms with Crippen LogP contribution >= 0.6 is 46.0 Å². The zero-order valence-corrected chi connectivity index (χ0v) is 20.4. The molecule has 0 bridgehead atoms. The average molecular weight is 598 g/mol. The lowest BCUT2D eigenvalue weighted by molar-refractivity contribution is -0.384. The van der Waals surface area contributed by atoms with Gasteiger partial charge in [0.1, 0.15) is 10.8 Å². The smallest absolute Gasteiger partial charge is 0.335 e. The lowest BCUT2D eigenvalue weighted by Gasteiger charge is -2.12. The number of allylic oxidation sites excluding steroid dienone is 1. The van der Waals surface area contributed by atoms with Gasteiger partial charge in [0.05, 0.1) is 15.4 Å². The van der Waals surface area contributed by atoms with E-state index >= 15 is 0 Å². The van der Waals surface area contributed by atoms with E-state index in [1.54, 1.807) is 24.3 Å². The molecule has 0 aliphatic carbocycles. The van der Waals surface area contributed by atoms with Crippen molar-refractivity contribution in [1.82, 2.24) is 0 Å². The van der Waals surface area contributed by atoms with Crippen molar-refractivity contribution >= 4 is 67.0 Å². The molecular formula is C23H14ClFINO5S. The van der Waals surface area contributed by atoms with Crippen molar-refractivity contribution in [2.24, 2.45) is 0 Å². The van der Waals surface area contributed by atoms with E-state index in [-0.39, 0.29) is 32.5 Å². The number of hydrogen-bond donors (Lipinski definition) is 1. The predicted molar refractivity (Wildman–Crippen MR) is 134 cm³/mol. The Hall–Kier alpha value is -2.76. The van der Waals surface area contributed by atoms with Crippen LogP contribution in [0.1, 0.15) is 31.8 Å². The van der Waals surface area contributed by atoms with Crippen molar-refractivity contribution < 1.29 is 24.0 Å². The molecule has 0 fully saturated rings. The molecule has 6 nitrogen and oxygen atoms in total. The highest BCUT2D eigenvalue weighted by Gasteiger charge is 2.21. The third kappa shape index (κ3) is 5.98. The molecule has 0 unspecified atom stereocenters. The molecule has 10 heteroatoms. The maximum absolute atomic E-state index is 14.1. The molecule has 3 aromatic carbocycles. The van der Waals surface area contributed by atoms with Crippen LogP contribution in [0.2, 0.25) is 5.02 Å². The summed E-state index contributed by atoms with van der Waals surface area (Å²) in [5.74, 6) is -1.82. The zero-order chi connectivity index (χ0) is 24.1. The SMILES string of the molecule is O=C(O)c1ccc(C(=O)C(SCc2ccccc2F)=C(I)c2ccc(Cl)c([N+](=O)[O-])c2)cc1. The minimum Gasteiger partial charge on any atom is -0.478 e. The third-order valence-corrected chi connectivity index (χ3v) is 7.51. The molecule has 0 radical (unpaired) electrons. The quantitative estimate of drug-likeness (QED) is 0.0987. The third-order valence-electron chi connectivity index (χ3n) is 4.53. The van der Waals surface area contributed by atoms with Crippen molar-refractivity contribution in [3.05, 3.63) is 115 Å². The number of thioether (sulfide) groups is 1. The van der Waals surface area contributed by atoms with E-state index in [2.05, 4.69) is 0 Å². The Balaban J connectivity index is 2.06. The van der Waals surface area contributed by atoms with Crippen LogP contribution in [0.25, 0.3) is 3.58 Å². The Morgan fingerprint density at radius 2 is 1.64 bits per heavy atom. The van der Waals surface area contributed by atoms with Gasteiger partial charge in [0, 0.05) is 21.0 Å². The van der Waals surface area contributed by atoms with Crippen LogP contribution in [0, 0.1) is 15.9 Å². The Morgan fingerprint density at radius 3 is 2.24 bits per heavy atom. The number of ketones is 1. The van der Waals surface area contributed by atoms with Gasteiger partial charge in [-0.2, -0.15) is 0 Å². The first-order valence-electron chi connectivity index (χ1n) is 9.27. The minimum absolute atomic E-state index is 0.0270. The molecular weight excluding hydrogens is 584 g/mol. The number of nitro benzene ring substituents is 1. The van der Waals surface area contributed by atoms with Gasteiger partial charge in [-0.25, -0.2) is 9.18 Å². The number of nitro groups is 1.